The molecule has 0 radical (unpaired) electrons. The number of aliphatic hydroxyl groups is 1. The fourth-order valence-electron chi connectivity index (χ4n) is 6.47. The Hall–Kier alpha value is -2.18. The average molecular weight is 496 g/mol. The van der Waals surface area contributed by atoms with Crippen LogP contribution in [-0.2, 0) is 6.18 Å². The Kier molecular flexibility index (Phi) is 4.97. The summed E-state index contributed by atoms with van der Waals surface area (Å²) in [6.45, 7) is -3.41. The molecule has 188 valence electrons. The Bertz CT molecular complexity index is 985. The van der Waals surface area contributed by atoms with Crippen molar-refractivity contribution < 1.29 is 40.6 Å². The number of hydrogen-bond donors (Lipinski definition) is 2. The fourth-order valence-corrected chi connectivity index (χ4v) is 6.47. The number of rotatable bonds is 3. The smallest absolute Gasteiger partial charge is 0.390 e. The van der Waals surface area contributed by atoms with E-state index in [0.29, 0.717) is 44.7 Å². The highest BCUT2D eigenvalue weighted by Crippen LogP contribution is 2.55. The lowest BCUT2D eigenvalue weighted by Gasteiger charge is -2.47. The molecule has 2 heterocycles. The van der Waals surface area contributed by atoms with E-state index in [-0.39, 0.29) is 22.7 Å². The summed E-state index contributed by atoms with van der Waals surface area (Å²) in [6.07, 6.45) is -0.102. The number of likely N-dealkylation sites (tertiary alicyclic amines) is 1. The molecule has 4 bridgehead atoms. The normalized spacial score (nSPS) is 35.9. The van der Waals surface area contributed by atoms with E-state index in [1.54, 1.807) is 0 Å². The van der Waals surface area contributed by atoms with Crippen molar-refractivity contribution in [2.24, 2.45) is 11.8 Å². The van der Waals surface area contributed by atoms with Crippen LogP contribution in [0.3, 0.4) is 0 Å². The number of fused-ring (bicyclic) bond motifs is 1. The molecule has 4 saturated carbocycles. The van der Waals surface area contributed by atoms with Gasteiger partial charge in [0.15, 0.2) is 5.69 Å². The molecule has 34 heavy (non-hydrogen) atoms. The van der Waals surface area contributed by atoms with Crippen LogP contribution < -0.4 is 5.32 Å². The summed E-state index contributed by atoms with van der Waals surface area (Å²) in [5.41, 5.74) is -4.22. The molecule has 2 atom stereocenters. The lowest BCUT2D eigenvalue weighted by atomic mass is 9.64. The molecule has 0 aromatic carbocycles. The van der Waals surface area contributed by atoms with Crippen LogP contribution in [0.4, 0.5) is 36.7 Å². The van der Waals surface area contributed by atoms with Gasteiger partial charge in [-0.2, -0.15) is 30.7 Å². The number of nitrogens with zero attached hydrogens (tertiary/aromatic N) is 3. The highest BCUT2D eigenvalue weighted by Gasteiger charge is 2.64. The number of alkyl halides is 7. The Morgan fingerprint density at radius 1 is 1.03 bits per heavy atom. The third-order valence-corrected chi connectivity index (χ3v) is 7.70. The summed E-state index contributed by atoms with van der Waals surface area (Å²) in [6, 6.07) is 0. The van der Waals surface area contributed by atoms with Gasteiger partial charge in [0.1, 0.15) is 0 Å². The van der Waals surface area contributed by atoms with Gasteiger partial charge in [0, 0.05) is 11.7 Å². The SMILES string of the molecule is O=C(c1cnc(NC23CCC4(O)CC(CC(C4)C2)C3)nc1C(F)(F)F)N1CC(F)(F)C(F)(F)C1. The van der Waals surface area contributed by atoms with Gasteiger partial charge in [0.05, 0.1) is 24.3 Å². The van der Waals surface area contributed by atoms with E-state index in [9.17, 15) is 40.6 Å². The van der Waals surface area contributed by atoms with Gasteiger partial charge in [-0.3, -0.25) is 4.79 Å². The molecule has 1 amide bonds. The Morgan fingerprint density at radius 2 is 1.62 bits per heavy atom. The van der Waals surface area contributed by atoms with Crippen molar-refractivity contribution in [1.29, 1.82) is 0 Å². The number of carbonyl (C=O) groups is 1. The van der Waals surface area contributed by atoms with Crippen LogP contribution in [0.5, 0.6) is 0 Å². The Labute approximate surface area is 189 Å². The molecule has 2 unspecified atom stereocenters. The highest BCUT2D eigenvalue weighted by atomic mass is 19.4. The van der Waals surface area contributed by atoms with Gasteiger partial charge in [-0.15, -0.1) is 0 Å². The minimum absolute atomic E-state index is 0.00924. The van der Waals surface area contributed by atoms with Gasteiger partial charge < -0.3 is 15.3 Å². The van der Waals surface area contributed by atoms with E-state index in [4.69, 9.17) is 0 Å². The molecule has 1 aromatic heterocycles. The van der Waals surface area contributed by atoms with E-state index in [2.05, 4.69) is 15.3 Å². The first-order valence-electron chi connectivity index (χ1n) is 11.1. The van der Waals surface area contributed by atoms with E-state index in [1.165, 1.54) is 0 Å². The van der Waals surface area contributed by atoms with E-state index in [1.807, 2.05) is 0 Å². The second-order valence-electron chi connectivity index (χ2n) is 10.4. The van der Waals surface area contributed by atoms with Crippen LogP contribution in [0.25, 0.3) is 0 Å². The zero-order chi connectivity index (χ0) is 24.7. The topological polar surface area (TPSA) is 78.3 Å². The summed E-state index contributed by atoms with van der Waals surface area (Å²) in [4.78, 5) is 19.8. The van der Waals surface area contributed by atoms with Gasteiger partial charge in [0.25, 0.3) is 5.91 Å². The van der Waals surface area contributed by atoms with Gasteiger partial charge in [-0.1, -0.05) is 0 Å². The molecule has 4 aliphatic carbocycles. The molecule has 1 aliphatic heterocycles. The van der Waals surface area contributed by atoms with E-state index >= 15 is 0 Å². The minimum Gasteiger partial charge on any atom is -0.390 e. The monoisotopic (exact) mass is 496 g/mol. The van der Waals surface area contributed by atoms with Crippen molar-refractivity contribution in [3.63, 3.8) is 0 Å². The summed E-state index contributed by atoms with van der Waals surface area (Å²) in [7, 11) is 0. The number of amides is 1. The molecule has 1 saturated heterocycles. The first-order chi connectivity index (χ1) is 15.6. The second kappa shape index (κ2) is 7.17. The van der Waals surface area contributed by atoms with Crippen LogP contribution in [0.1, 0.15) is 61.0 Å². The van der Waals surface area contributed by atoms with Crippen LogP contribution >= 0.6 is 0 Å². The number of nitrogens with one attached hydrogen (secondary N) is 1. The molecular formula is C21H23F7N4O2. The largest absolute Gasteiger partial charge is 0.434 e. The quantitative estimate of drug-likeness (QED) is 0.616. The highest BCUT2D eigenvalue weighted by molar-refractivity contribution is 5.95. The van der Waals surface area contributed by atoms with Crippen molar-refractivity contribution >= 4 is 11.9 Å². The number of anilines is 1. The molecular weight excluding hydrogens is 473 g/mol. The molecule has 13 heteroatoms. The van der Waals surface area contributed by atoms with Crippen molar-refractivity contribution in [3.05, 3.63) is 17.5 Å². The first kappa shape index (κ1) is 23.6. The van der Waals surface area contributed by atoms with Crippen LogP contribution in [0, 0.1) is 11.8 Å². The van der Waals surface area contributed by atoms with Crippen LogP contribution in [-0.4, -0.2) is 62.0 Å². The molecule has 1 aromatic rings. The van der Waals surface area contributed by atoms with Crippen LogP contribution in [0.2, 0.25) is 0 Å². The first-order valence-corrected chi connectivity index (χ1v) is 11.1. The Morgan fingerprint density at radius 3 is 2.18 bits per heavy atom. The summed E-state index contributed by atoms with van der Waals surface area (Å²) < 4.78 is 95.3. The predicted octanol–water partition coefficient (Wildman–Crippen LogP) is 4.11. The zero-order valence-electron chi connectivity index (χ0n) is 17.9. The second-order valence-corrected chi connectivity index (χ2v) is 10.4. The molecule has 5 aliphatic rings. The maximum atomic E-state index is 13.8. The predicted molar refractivity (Wildman–Crippen MR) is 103 cm³/mol. The number of halogens is 7. The number of carbonyl (C=O) groups excluding carboxylic acids is 1. The molecule has 0 spiro atoms. The van der Waals surface area contributed by atoms with Crippen molar-refractivity contribution in [1.82, 2.24) is 14.9 Å². The summed E-state index contributed by atoms with van der Waals surface area (Å²) in [5.74, 6) is -10.7. The minimum atomic E-state index is -5.15. The van der Waals surface area contributed by atoms with Crippen molar-refractivity contribution in [3.8, 4) is 0 Å². The van der Waals surface area contributed by atoms with Gasteiger partial charge in [-0.05, 0) is 56.8 Å². The maximum Gasteiger partial charge on any atom is 0.434 e. The van der Waals surface area contributed by atoms with Gasteiger partial charge in [-0.25, -0.2) is 9.97 Å². The third kappa shape index (κ3) is 3.89. The Balaban J connectivity index is 1.44. The van der Waals surface area contributed by atoms with Gasteiger partial charge in [0.2, 0.25) is 5.95 Å². The molecule has 6 nitrogen and oxygen atoms in total. The maximum absolute atomic E-state index is 13.8. The molecule has 2 N–H and O–H groups in total. The van der Waals surface area contributed by atoms with Crippen LogP contribution in [0.15, 0.2) is 6.20 Å². The lowest BCUT2D eigenvalue weighted by molar-refractivity contribution is -0.172. The number of hydrogen-bond acceptors (Lipinski definition) is 5. The van der Waals surface area contributed by atoms with Gasteiger partial charge >= 0.3 is 18.0 Å². The van der Waals surface area contributed by atoms with Crippen molar-refractivity contribution in [2.75, 3.05) is 18.4 Å². The third-order valence-electron chi connectivity index (χ3n) is 7.70. The summed E-state index contributed by atoms with van der Waals surface area (Å²) >= 11 is 0. The standard InChI is InChI=1S/C21H23F7N4O2/c22-19(23)9-32(10-20(19,24)25)15(33)13-8-29-16(30-14(13)21(26,27)28)31-17-1-2-18(34)6-11(4-17)3-12(5-17)7-18/h8,11-12,34H,1-7,9-10H2,(H,29,30,31). The molecule has 5 fully saturated rings. The van der Waals surface area contributed by atoms with Crippen molar-refractivity contribution in [2.45, 2.75) is 74.1 Å². The number of aromatic nitrogens is 2. The average Bonchev–Trinajstić information content (AvgIpc) is 2.79. The van der Waals surface area contributed by atoms with E-state index in [0.717, 1.165) is 6.42 Å². The molecule has 6 rings (SSSR count). The zero-order valence-corrected chi connectivity index (χ0v) is 17.9. The fraction of sp³-hybridized carbons (Fsp3) is 0.762. The summed E-state index contributed by atoms with van der Waals surface area (Å²) in [5, 5.41) is 13.8. The lowest BCUT2D eigenvalue weighted by Crippen LogP contribution is -2.47. The van der Waals surface area contributed by atoms with E-state index < -0.39 is 59.4 Å².